The first kappa shape index (κ1) is 14.2. The lowest BCUT2D eigenvalue weighted by Crippen LogP contribution is -2.02. The summed E-state index contributed by atoms with van der Waals surface area (Å²) in [6.07, 6.45) is 0.680. The van der Waals surface area contributed by atoms with E-state index in [1.54, 1.807) is 36.4 Å². The molecule has 0 saturated heterocycles. The summed E-state index contributed by atoms with van der Waals surface area (Å²) in [7, 11) is 0. The summed E-state index contributed by atoms with van der Waals surface area (Å²) in [5.41, 5.74) is 0.829. The number of rotatable bonds is 5. The van der Waals surface area contributed by atoms with Gasteiger partial charge in [0, 0.05) is 6.07 Å². The van der Waals surface area contributed by atoms with Gasteiger partial charge in [0.1, 0.15) is 12.4 Å². The minimum Gasteiger partial charge on any atom is -0.487 e. The van der Waals surface area contributed by atoms with E-state index >= 15 is 0 Å². The van der Waals surface area contributed by atoms with Gasteiger partial charge in [0.15, 0.2) is 6.29 Å². The van der Waals surface area contributed by atoms with Crippen LogP contribution in [0.4, 0.5) is 5.69 Å². The molecule has 0 bridgehead atoms. The molecule has 2 aromatic rings. The van der Waals surface area contributed by atoms with E-state index in [9.17, 15) is 14.9 Å². The molecule has 0 aliphatic rings. The lowest BCUT2D eigenvalue weighted by atomic mass is 10.2. The fourth-order valence-electron chi connectivity index (χ4n) is 1.73. The maximum absolute atomic E-state index is 11.0. The smallest absolute Gasteiger partial charge is 0.276 e. The Morgan fingerprint density at radius 1 is 1.20 bits per heavy atom. The molecule has 0 atom stereocenters. The zero-order valence-corrected chi connectivity index (χ0v) is 11.9. The van der Waals surface area contributed by atoms with Gasteiger partial charge in [0.05, 0.1) is 20.5 Å². The molecule has 0 spiro atoms. The van der Waals surface area contributed by atoms with Gasteiger partial charge in [-0.2, -0.15) is 0 Å². The average molecular weight is 336 g/mol. The van der Waals surface area contributed by atoms with Crippen molar-refractivity contribution in [3.8, 4) is 5.75 Å². The van der Waals surface area contributed by atoms with Gasteiger partial charge in [-0.1, -0.05) is 18.2 Å². The summed E-state index contributed by atoms with van der Waals surface area (Å²) >= 11 is 3.29. The molecule has 0 saturated carbocycles. The van der Waals surface area contributed by atoms with Crippen molar-refractivity contribution in [3.63, 3.8) is 0 Å². The van der Waals surface area contributed by atoms with Gasteiger partial charge in [-0.3, -0.25) is 14.9 Å². The highest BCUT2D eigenvalue weighted by atomic mass is 79.9. The third-order valence-corrected chi connectivity index (χ3v) is 3.31. The molecule has 2 aromatic carbocycles. The molecular formula is C14H10BrNO4. The van der Waals surface area contributed by atoms with Crippen molar-refractivity contribution in [2.75, 3.05) is 0 Å². The van der Waals surface area contributed by atoms with Gasteiger partial charge >= 0.3 is 0 Å². The highest BCUT2D eigenvalue weighted by Gasteiger charge is 2.14. The van der Waals surface area contributed by atoms with E-state index in [0.29, 0.717) is 27.6 Å². The molecule has 5 nitrogen and oxygen atoms in total. The van der Waals surface area contributed by atoms with Crippen LogP contribution in [-0.2, 0) is 6.61 Å². The van der Waals surface area contributed by atoms with Crippen LogP contribution in [-0.4, -0.2) is 11.2 Å². The number of para-hydroxylation sites is 2. The Balaban J connectivity index is 2.26. The van der Waals surface area contributed by atoms with Crippen LogP contribution in [0, 0.1) is 10.1 Å². The van der Waals surface area contributed by atoms with E-state index in [1.807, 2.05) is 0 Å². The molecule has 0 N–H and O–H groups in total. The predicted molar refractivity (Wildman–Crippen MR) is 77.0 cm³/mol. The number of hydrogen-bond acceptors (Lipinski definition) is 4. The molecular weight excluding hydrogens is 326 g/mol. The maximum Gasteiger partial charge on any atom is 0.276 e. The van der Waals surface area contributed by atoms with Gasteiger partial charge in [-0.05, 0) is 34.1 Å². The van der Waals surface area contributed by atoms with Crippen molar-refractivity contribution in [2.24, 2.45) is 0 Å². The van der Waals surface area contributed by atoms with Crippen molar-refractivity contribution < 1.29 is 14.5 Å². The normalized spacial score (nSPS) is 10.1. The monoisotopic (exact) mass is 335 g/mol. The fourth-order valence-corrected chi connectivity index (χ4v) is 2.23. The second kappa shape index (κ2) is 6.29. The van der Waals surface area contributed by atoms with Gasteiger partial charge in [0.2, 0.25) is 0 Å². The molecule has 0 aliphatic carbocycles. The fraction of sp³-hybridized carbons (Fsp3) is 0.0714. The largest absolute Gasteiger partial charge is 0.487 e. The van der Waals surface area contributed by atoms with Crippen molar-refractivity contribution in [1.82, 2.24) is 0 Å². The molecule has 2 rings (SSSR count). The summed E-state index contributed by atoms with van der Waals surface area (Å²) in [4.78, 5) is 21.4. The van der Waals surface area contributed by atoms with Crippen LogP contribution >= 0.6 is 15.9 Å². The summed E-state index contributed by atoms with van der Waals surface area (Å²) in [6, 6.07) is 11.4. The summed E-state index contributed by atoms with van der Waals surface area (Å²) in [5.74, 6) is 0.376. The number of carbonyl (C=O) groups is 1. The lowest BCUT2D eigenvalue weighted by Gasteiger charge is -2.10. The van der Waals surface area contributed by atoms with E-state index in [-0.39, 0.29) is 12.3 Å². The van der Waals surface area contributed by atoms with Crippen molar-refractivity contribution in [3.05, 3.63) is 68.2 Å². The number of nitrogens with zero attached hydrogens (tertiary/aromatic N) is 1. The molecule has 102 valence electrons. The zero-order chi connectivity index (χ0) is 14.5. The number of nitro groups is 1. The molecule has 0 amide bonds. The Labute approximate surface area is 123 Å². The second-order valence-corrected chi connectivity index (χ2v) is 4.80. The second-order valence-electron chi connectivity index (χ2n) is 3.95. The first-order valence-corrected chi connectivity index (χ1v) is 6.51. The van der Waals surface area contributed by atoms with Crippen molar-refractivity contribution >= 4 is 27.9 Å². The molecule has 0 radical (unpaired) electrons. The number of carbonyl (C=O) groups excluding carboxylic acids is 1. The molecule has 0 aromatic heterocycles. The molecule has 20 heavy (non-hydrogen) atoms. The van der Waals surface area contributed by atoms with E-state index < -0.39 is 4.92 Å². The summed E-state index contributed by atoms with van der Waals surface area (Å²) in [6.45, 7) is 0.0145. The zero-order valence-electron chi connectivity index (χ0n) is 10.3. The summed E-state index contributed by atoms with van der Waals surface area (Å²) in [5, 5.41) is 10.9. The minimum atomic E-state index is -0.459. The minimum absolute atomic E-state index is 0.00722. The Kier molecular flexibility index (Phi) is 4.47. The van der Waals surface area contributed by atoms with Crippen LogP contribution < -0.4 is 4.74 Å². The highest BCUT2D eigenvalue weighted by Crippen LogP contribution is 2.29. The first-order valence-electron chi connectivity index (χ1n) is 5.72. The number of aldehydes is 1. The number of ether oxygens (including phenoxy) is 1. The molecule has 0 fully saturated rings. The number of hydrogen-bond donors (Lipinski definition) is 0. The van der Waals surface area contributed by atoms with Crippen LogP contribution in [0.15, 0.2) is 46.9 Å². The predicted octanol–water partition coefficient (Wildman–Crippen LogP) is 3.75. The van der Waals surface area contributed by atoms with Gasteiger partial charge in [-0.15, -0.1) is 0 Å². The first-order chi connectivity index (χ1) is 9.63. The Morgan fingerprint density at radius 2 is 1.95 bits per heavy atom. The third kappa shape index (κ3) is 3.03. The lowest BCUT2D eigenvalue weighted by molar-refractivity contribution is -0.385. The van der Waals surface area contributed by atoms with Crippen LogP contribution in [0.25, 0.3) is 0 Å². The van der Waals surface area contributed by atoms with Crippen molar-refractivity contribution in [2.45, 2.75) is 6.61 Å². The van der Waals surface area contributed by atoms with Crippen LogP contribution in [0.5, 0.6) is 5.75 Å². The average Bonchev–Trinajstić information content (AvgIpc) is 2.46. The highest BCUT2D eigenvalue weighted by molar-refractivity contribution is 9.10. The van der Waals surface area contributed by atoms with Crippen LogP contribution in [0.1, 0.15) is 15.9 Å². The standard InChI is InChI=1S/C14H10BrNO4/c15-12-6-3-5-10(8-17)14(12)20-9-11-4-1-2-7-13(11)16(18)19/h1-8H,9H2. The maximum atomic E-state index is 11.0. The van der Waals surface area contributed by atoms with E-state index in [1.165, 1.54) is 6.07 Å². The van der Waals surface area contributed by atoms with E-state index in [0.717, 1.165) is 0 Å². The topological polar surface area (TPSA) is 69.4 Å². The third-order valence-electron chi connectivity index (χ3n) is 2.68. The van der Waals surface area contributed by atoms with E-state index in [2.05, 4.69) is 15.9 Å². The van der Waals surface area contributed by atoms with E-state index in [4.69, 9.17) is 4.74 Å². The molecule has 0 unspecified atom stereocenters. The SMILES string of the molecule is O=Cc1cccc(Br)c1OCc1ccccc1[N+](=O)[O-]. The van der Waals surface area contributed by atoms with Crippen LogP contribution in [0.3, 0.4) is 0 Å². The quantitative estimate of drug-likeness (QED) is 0.474. The van der Waals surface area contributed by atoms with Crippen LogP contribution in [0.2, 0.25) is 0 Å². The molecule has 0 aliphatic heterocycles. The molecule has 0 heterocycles. The summed E-state index contributed by atoms with van der Waals surface area (Å²) < 4.78 is 6.18. The number of nitro benzene ring substituents is 1. The number of benzene rings is 2. The molecule has 6 heteroatoms. The Hall–Kier alpha value is -2.21. The Bertz CT molecular complexity index is 657. The van der Waals surface area contributed by atoms with Crippen molar-refractivity contribution in [1.29, 1.82) is 0 Å². The van der Waals surface area contributed by atoms with Gasteiger partial charge in [-0.25, -0.2) is 0 Å². The number of halogens is 1. The van der Waals surface area contributed by atoms with Gasteiger partial charge < -0.3 is 4.74 Å². The Morgan fingerprint density at radius 3 is 2.65 bits per heavy atom. The van der Waals surface area contributed by atoms with Gasteiger partial charge in [0.25, 0.3) is 5.69 Å².